The van der Waals surface area contributed by atoms with E-state index in [1.165, 1.54) is 6.07 Å². The van der Waals surface area contributed by atoms with Crippen molar-refractivity contribution in [2.75, 3.05) is 6.61 Å². The summed E-state index contributed by atoms with van der Waals surface area (Å²) < 4.78 is 46.1. The van der Waals surface area contributed by atoms with Crippen molar-refractivity contribution in [3.05, 3.63) is 29.7 Å². The highest BCUT2D eigenvalue weighted by atomic mass is 19.4. The van der Waals surface area contributed by atoms with Crippen LogP contribution in [0, 0.1) is 5.92 Å². The summed E-state index contributed by atoms with van der Waals surface area (Å²) in [6, 6.07) is 4.66. The number of para-hydroxylation sites is 1. The molecule has 0 unspecified atom stereocenters. The Morgan fingerprint density at radius 2 is 1.88 bits per heavy atom. The number of benzene rings is 1. The van der Waals surface area contributed by atoms with Gasteiger partial charge in [0.2, 0.25) is 0 Å². The zero-order valence-corrected chi connectivity index (χ0v) is 9.89. The molecule has 0 aliphatic rings. The minimum Gasteiger partial charge on any atom is -0.490 e. The Morgan fingerprint density at radius 3 is 2.35 bits per heavy atom. The van der Waals surface area contributed by atoms with Crippen LogP contribution in [-0.4, -0.2) is 13.0 Å². The Morgan fingerprint density at radius 1 is 1.24 bits per heavy atom. The predicted octanol–water partition coefficient (Wildman–Crippen LogP) is 3.95. The van der Waals surface area contributed by atoms with E-state index in [2.05, 4.69) is 4.74 Å². The summed E-state index contributed by atoms with van der Waals surface area (Å²) in [6.07, 6.45) is -4.72. The van der Waals surface area contributed by atoms with E-state index in [1.54, 1.807) is 32.9 Å². The minimum atomic E-state index is -4.72. The number of hydrogen-bond donors (Lipinski definition) is 0. The Kier molecular flexibility index (Phi) is 4.26. The van der Waals surface area contributed by atoms with Gasteiger partial charge in [-0.1, -0.05) is 26.0 Å². The number of rotatable bonds is 4. The maximum absolute atomic E-state index is 12.3. The topological polar surface area (TPSA) is 18.5 Å². The summed E-state index contributed by atoms with van der Waals surface area (Å²) in [4.78, 5) is 0. The lowest BCUT2D eigenvalue weighted by Gasteiger charge is -2.18. The maximum Gasteiger partial charge on any atom is 0.573 e. The molecule has 1 rings (SSSR count). The third-order valence-corrected chi connectivity index (χ3v) is 2.04. The van der Waals surface area contributed by atoms with Crippen molar-refractivity contribution in [2.45, 2.75) is 27.1 Å². The highest BCUT2D eigenvalue weighted by Gasteiger charge is 2.34. The summed E-state index contributed by atoms with van der Waals surface area (Å²) in [7, 11) is 0. The molecule has 1 radical (unpaired) electrons. The van der Waals surface area contributed by atoms with Gasteiger partial charge in [-0.15, -0.1) is 13.2 Å². The van der Waals surface area contributed by atoms with E-state index in [-0.39, 0.29) is 18.1 Å². The van der Waals surface area contributed by atoms with Crippen LogP contribution in [0.4, 0.5) is 13.2 Å². The molecule has 0 bridgehead atoms. The summed E-state index contributed by atoms with van der Waals surface area (Å²) in [6.45, 7) is 5.41. The molecule has 0 aromatic heterocycles. The Balaban J connectivity index is 3.18. The molecule has 2 nitrogen and oxygen atoms in total. The molecule has 95 valence electrons. The lowest BCUT2D eigenvalue weighted by Crippen LogP contribution is -2.19. The molecule has 0 saturated heterocycles. The Labute approximate surface area is 98.3 Å². The van der Waals surface area contributed by atoms with Crippen molar-refractivity contribution in [3.8, 4) is 11.5 Å². The first kappa shape index (κ1) is 13.7. The molecule has 0 amide bonds. The first-order valence-electron chi connectivity index (χ1n) is 5.17. The fourth-order valence-corrected chi connectivity index (χ4v) is 1.40. The van der Waals surface area contributed by atoms with E-state index < -0.39 is 6.36 Å². The van der Waals surface area contributed by atoms with Gasteiger partial charge < -0.3 is 9.47 Å². The fourth-order valence-electron chi connectivity index (χ4n) is 1.40. The molecule has 17 heavy (non-hydrogen) atoms. The van der Waals surface area contributed by atoms with Crippen LogP contribution in [0.15, 0.2) is 18.2 Å². The fraction of sp³-hybridized carbons (Fsp3) is 0.417. The second-order valence-corrected chi connectivity index (χ2v) is 3.61. The average molecular weight is 247 g/mol. The van der Waals surface area contributed by atoms with E-state index >= 15 is 0 Å². The first-order chi connectivity index (χ1) is 7.85. The molecular weight excluding hydrogens is 233 g/mol. The summed E-state index contributed by atoms with van der Waals surface area (Å²) >= 11 is 0. The van der Waals surface area contributed by atoms with Crippen molar-refractivity contribution >= 4 is 0 Å². The van der Waals surface area contributed by atoms with Gasteiger partial charge >= 0.3 is 6.36 Å². The van der Waals surface area contributed by atoms with E-state index in [0.717, 1.165) is 5.92 Å². The maximum atomic E-state index is 12.3. The largest absolute Gasteiger partial charge is 0.573 e. The molecule has 1 aromatic carbocycles. The molecule has 0 spiro atoms. The molecule has 0 aliphatic carbocycles. The van der Waals surface area contributed by atoms with Gasteiger partial charge in [0.1, 0.15) is 0 Å². The standard InChI is InChI=1S/C12H14F3O2/c1-4-16-10-7-5-6-9(8(2)3)11(10)17-12(13,14)15/h5-7H,4H2,1-3H3. The number of ether oxygens (including phenoxy) is 2. The van der Waals surface area contributed by atoms with Gasteiger partial charge in [0, 0.05) is 11.5 Å². The van der Waals surface area contributed by atoms with E-state index in [0.29, 0.717) is 5.56 Å². The second-order valence-electron chi connectivity index (χ2n) is 3.61. The molecule has 0 heterocycles. The molecule has 0 saturated carbocycles. The number of alkyl halides is 3. The highest BCUT2D eigenvalue weighted by molar-refractivity contribution is 5.51. The zero-order chi connectivity index (χ0) is 13.1. The van der Waals surface area contributed by atoms with Gasteiger partial charge in [-0.05, 0) is 13.0 Å². The molecule has 0 aliphatic heterocycles. The lowest BCUT2D eigenvalue weighted by molar-refractivity contribution is -0.275. The summed E-state index contributed by atoms with van der Waals surface area (Å²) in [5.74, 6) is 0.552. The van der Waals surface area contributed by atoms with Crippen LogP contribution in [0.1, 0.15) is 26.3 Å². The van der Waals surface area contributed by atoms with Crippen LogP contribution in [0.25, 0.3) is 0 Å². The third kappa shape index (κ3) is 3.84. The normalized spacial score (nSPS) is 11.7. The van der Waals surface area contributed by atoms with E-state index in [9.17, 15) is 13.2 Å². The summed E-state index contributed by atoms with van der Waals surface area (Å²) in [5.41, 5.74) is 0.397. The van der Waals surface area contributed by atoms with Gasteiger partial charge in [-0.3, -0.25) is 0 Å². The van der Waals surface area contributed by atoms with Crippen LogP contribution in [0.5, 0.6) is 11.5 Å². The average Bonchev–Trinajstić information content (AvgIpc) is 2.18. The number of halogens is 3. The highest BCUT2D eigenvalue weighted by Crippen LogP contribution is 2.38. The van der Waals surface area contributed by atoms with Crippen molar-refractivity contribution in [1.29, 1.82) is 0 Å². The van der Waals surface area contributed by atoms with E-state index in [4.69, 9.17) is 4.74 Å². The molecule has 5 heteroatoms. The van der Waals surface area contributed by atoms with E-state index in [1.807, 2.05) is 0 Å². The van der Waals surface area contributed by atoms with Gasteiger partial charge in [-0.2, -0.15) is 0 Å². The van der Waals surface area contributed by atoms with Crippen molar-refractivity contribution in [2.24, 2.45) is 0 Å². The summed E-state index contributed by atoms with van der Waals surface area (Å²) in [5, 5.41) is 0. The van der Waals surface area contributed by atoms with Crippen LogP contribution in [0.2, 0.25) is 0 Å². The SMILES string of the molecule is CCOc1cccc([C](C)C)c1OC(F)(F)F. The Hall–Kier alpha value is -1.39. The molecule has 0 atom stereocenters. The number of hydrogen-bond acceptors (Lipinski definition) is 2. The third-order valence-electron chi connectivity index (χ3n) is 2.04. The van der Waals surface area contributed by atoms with Gasteiger partial charge in [0.05, 0.1) is 6.61 Å². The van der Waals surface area contributed by atoms with Crippen molar-refractivity contribution in [1.82, 2.24) is 0 Å². The van der Waals surface area contributed by atoms with Crippen LogP contribution in [-0.2, 0) is 0 Å². The second kappa shape index (κ2) is 5.29. The van der Waals surface area contributed by atoms with Crippen LogP contribution in [0.3, 0.4) is 0 Å². The zero-order valence-electron chi connectivity index (χ0n) is 9.89. The van der Waals surface area contributed by atoms with Gasteiger partial charge in [0.15, 0.2) is 11.5 Å². The Bertz CT molecular complexity index is 373. The van der Waals surface area contributed by atoms with Gasteiger partial charge in [0.25, 0.3) is 0 Å². The van der Waals surface area contributed by atoms with Crippen LogP contribution < -0.4 is 9.47 Å². The molecule has 0 N–H and O–H groups in total. The molecular formula is C12H14F3O2. The molecule has 1 aromatic rings. The predicted molar refractivity (Wildman–Crippen MR) is 58.0 cm³/mol. The minimum absolute atomic E-state index is 0.100. The smallest absolute Gasteiger partial charge is 0.490 e. The van der Waals surface area contributed by atoms with Crippen LogP contribution >= 0.6 is 0 Å². The lowest BCUT2D eigenvalue weighted by atomic mass is 10.0. The van der Waals surface area contributed by atoms with Crippen molar-refractivity contribution < 1.29 is 22.6 Å². The van der Waals surface area contributed by atoms with Crippen molar-refractivity contribution in [3.63, 3.8) is 0 Å². The molecule has 0 fully saturated rings. The quantitative estimate of drug-likeness (QED) is 0.802. The monoisotopic (exact) mass is 247 g/mol. The van der Waals surface area contributed by atoms with Gasteiger partial charge in [-0.25, -0.2) is 0 Å². The first-order valence-corrected chi connectivity index (χ1v) is 5.17.